The van der Waals surface area contributed by atoms with Crippen LogP contribution in [0, 0.1) is 41.4 Å². The van der Waals surface area contributed by atoms with Crippen LogP contribution in [0.5, 0.6) is 0 Å². The number of rotatable bonds is 2. The lowest BCUT2D eigenvalue weighted by atomic mass is 9.71. The maximum atomic E-state index is 2.96. The van der Waals surface area contributed by atoms with Crippen LogP contribution in [0.1, 0.15) is 103 Å². The van der Waals surface area contributed by atoms with Gasteiger partial charge in [-0.05, 0) is 90.7 Å². The molecule has 9 atom stereocenters. The van der Waals surface area contributed by atoms with Crippen LogP contribution >= 0.6 is 0 Å². The van der Waals surface area contributed by atoms with Crippen molar-refractivity contribution >= 4 is 8.07 Å². The summed E-state index contributed by atoms with van der Waals surface area (Å²) in [5, 5.41) is 0. The molecule has 0 aromatic carbocycles. The molecule has 0 N–H and O–H groups in total. The highest BCUT2D eigenvalue weighted by atomic mass is 28.3. The van der Waals surface area contributed by atoms with Crippen molar-refractivity contribution < 1.29 is 0 Å². The molecule has 1 heterocycles. The second-order valence-corrected chi connectivity index (χ2v) is 19.4. The molecule has 1 aliphatic heterocycles. The largest absolute Gasteiger partial charge is 0.374 e. The highest BCUT2D eigenvalue weighted by Crippen LogP contribution is 2.70. The molecule has 0 amide bonds. The van der Waals surface area contributed by atoms with Crippen molar-refractivity contribution in [2.75, 3.05) is 7.05 Å². The molecular formula is C31H51NSi. The fourth-order valence-corrected chi connectivity index (χ4v) is 18.4. The first kappa shape index (κ1) is 22.0. The molecule has 5 saturated carbocycles. The van der Waals surface area contributed by atoms with E-state index in [9.17, 15) is 0 Å². The van der Waals surface area contributed by atoms with Crippen LogP contribution in [0.15, 0.2) is 11.3 Å². The van der Waals surface area contributed by atoms with Crippen LogP contribution in [-0.4, -0.2) is 26.1 Å². The quantitative estimate of drug-likeness (QED) is 0.369. The maximum absolute atomic E-state index is 2.96. The number of nitrogens with zero attached hydrogens (tertiary/aromatic N) is 1. The molecular weight excluding hydrogens is 414 g/mol. The van der Waals surface area contributed by atoms with Crippen molar-refractivity contribution in [1.29, 1.82) is 0 Å². The van der Waals surface area contributed by atoms with Gasteiger partial charge < -0.3 is 4.90 Å². The third-order valence-corrected chi connectivity index (χ3v) is 18.0. The molecule has 5 fully saturated rings. The zero-order chi connectivity index (χ0) is 22.3. The molecule has 7 rings (SSSR count). The Bertz CT molecular complexity index is 777. The van der Waals surface area contributed by atoms with E-state index in [0.29, 0.717) is 0 Å². The van der Waals surface area contributed by atoms with Gasteiger partial charge in [0.1, 0.15) is 0 Å². The molecule has 2 heteroatoms. The molecule has 0 aromatic heterocycles. The summed E-state index contributed by atoms with van der Waals surface area (Å²) in [7, 11) is 1.12. The van der Waals surface area contributed by atoms with Crippen LogP contribution in [0.2, 0.25) is 24.2 Å². The number of allylic oxidation sites excluding steroid dienone is 1. The summed E-state index contributed by atoms with van der Waals surface area (Å²) >= 11 is 0. The third-order valence-electron chi connectivity index (χ3n) is 13.1. The van der Waals surface area contributed by atoms with Gasteiger partial charge in [-0.2, -0.15) is 0 Å². The second-order valence-electron chi connectivity index (χ2n) is 14.5. The fraction of sp³-hybridized carbons (Fsp3) is 0.935. The van der Waals surface area contributed by atoms with Crippen LogP contribution in [0.4, 0.5) is 0 Å². The molecule has 33 heavy (non-hydrogen) atoms. The van der Waals surface area contributed by atoms with Crippen molar-refractivity contribution in [3.8, 4) is 0 Å². The van der Waals surface area contributed by atoms with Crippen LogP contribution in [0.25, 0.3) is 0 Å². The minimum absolute atomic E-state index is 0.882. The van der Waals surface area contributed by atoms with E-state index in [0.717, 1.165) is 58.5 Å². The van der Waals surface area contributed by atoms with Crippen LogP contribution < -0.4 is 0 Å². The fourth-order valence-electron chi connectivity index (χ4n) is 12.4. The Hall–Kier alpha value is -0.243. The Morgan fingerprint density at radius 2 is 1.06 bits per heavy atom. The Kier molecular flexibility index (Phi) is 5.42. The first-order valence-corrected chi connectivity index (χ1v) is 18.7. The van der Waals surface area contributed by atoms with E-state index in [2.05, 4.69) is 30.6 Å². The van der Waals surface area contributed by atoms with Gasteiger partial charge in [0.2, 0.25) is 0 Å². The van der Waals surface area contributed by atoms with E-state index >= 15 is 0 Å². The first-order chi connectivity index (χ1) is 16.1. The summed E-state index contributed by atoms with van der Waals surface area (Å²) < 4.78 is 0. The predicted octanol–water partition coefficient (Wildman–Crippen LogP) is 8.64. The van der Waals surface area contributed by atoms with E-state index in [-0.39, 0.29) is 0 Å². The first-order valence-electron chi connectivity index (χ1n) is 15.6. The molecule has 184 valence electrons. The van der Waals surface area contributed by atoms with E-state index in [4.69, 9.17) is 0 Å². The third kappa shape index (κ3) is 3.07. The molecule has 0 radical (unpaired) electrons. The topological polar surface area (TPSA) is 3.24 Å². The summed E-state index contributed by atoms with van der Waals surface area (Å²) in [5.74, 6) is 7.48. The molecule has 0 spiro atoms. The van der Waals surface area contributed by atoms with Gasteiger partial charge in [-0.25, -0.2) is 0 Å². The monoisotopic (exact) mass is 465 g/mol. The standard InChI is InChI=1S/C31H51NSi/c1-32-27-19-11-10-18-26(27)28-22-14-6-9-17-25(22)31(29(28)32)33(2,3)30-23-15-7-4-12-20(23)21-13-5-8-16-24(21)30/h20-27,30-31H,4-19H2,1-3H3. The van der Waals surface area contributed by atoms with Crippen molar-refractivity contribution in [1.82, 2.24) is 4.90 Å². The summed E-state index contributed by atoms with van der Waals surface area (Å²) in [6, 6.07) is 0.882. The summed E-state index contributed by atoms with van der Waals surface area (Å²) in [6.07, 6.45) is 24.8. The molecule has 6 aliphatic carbocycles. The van der Waals surface area contributed by atoms with Gasteiger partial charge in [0.05, 0.1) is 8.07 Å². The average Bonchev–Trinajstić information content (AvgIpc) is 3.46. The van der Waals surface area contributed by atoms with Gasteiger partial charge in [-0.3, -0.25) is 0 Å². The maximum Gasteiger partial charge on any atom is 0.0610 e. The Labute approximate surface area is 205 Å². The Balaban J connectivity index is 1.31. The lowest BCUT2D eigenvalue weighted by Gasteiger charge is -2.50. The van der Waals surface area contributed by atoms with Crippen molar-refractivity contribution in [2.45, 2.75) is 133 Å². The lowest BCUT2D eigenvalue weighted by Crippen LogP contribution is -2.49. The van der Waals surface area contributed by atoms with E-state index in [1.165, 1.54) is 38.5 Å². The molecule has 0 saturated heterocycles. The number of hydrogen-bond donors (Lipinski definition) is 0. The Morgan fingerprint density at radius 1 is 0.576 bits per heavy atom. The Morgan fingerprint density at radius 3 is 1.70 bits per heavy atom. The minimum atomic E-state index is -1.45. The van der Waals surface area contributed by atoms with Gasteiger partial charge in [-0.1, -0.05) is 77.3 Å². The van der Waals surface area contributed by atoms with E-state index < -0.39 is 8.07 Å². The summed E-state index contributed by atoms with van der Waals surface area (Å²) in [4.78, 5) is 2.96. The summed E-state index contributed by atoms with van der Waals surface area (Å²) in [6.45, 7) is 5.92. The second kappa shape index (κ2) is 8.14. The molecule has 0 aromatic rings. The van der Waals surface area contributed by atoms with Crippen molar-refractivity contribution in [2.24, 2.45) is 41.4 Å². The smallest absolute Gasteiger partial charge is 0.0610 e. The van der Waals surface area contributed by atoms with Crippen molar-refractivity contribution in [3.63, 3.8) is 0 Å². The lowest BCUT2D eigenvalue weighted by molar-refractivity contribution is 0.174. The molecule has 0 bridgehead atoms. The summed E-state index contributed by atoms with van der Waals surface area (Å²) in [5.41, 5.74) is 6.23. The van der Waals surface area contributed by atoms with Crippen molar-refractivity contribution in [3.05, 3.63) is 11.3 Å². The van der Waals surface area contributed by atoms with Crippen LogP contribution in [0.3, 0.4) is 0 Å². The van der Waals surface area contributed by atoms with Gasteiger partial charge >= 0.3 is 0 Å². The van der Waals surface area contributed by atoms with Gasteiger partial charge in [0.15, 0.2) is 0 Å². The zero-order valence-electron chi connectivity index (χ0n) is 22.0. The molecule has 1 nitrogen and oxygen atoms in total. The molecule has 7 aliphatic rings. The number of likely N-dealkylation sites (tertiary alicyclic amines) is 1. The normalized spacial score (nSPS) is 49.4. The molecule has 9 unspecified atom stereocenters. The van der Waals surface area contributed by atoms with E-state index in [1.54, 1.807) is 64.2 Å². The van der Waals surface area contributed by atoms with Gasteiger partial charge in [0.25, 0.3) is 0 Å². The van der Waals surface area contributed by atoms with Crippen LogP contribution in [-0.2, 0) is 0 Å². The van der Waals surface area contributed by atoms with E-state index in [1.807, 2.05) is 5.70 Å². The zero-order valence-corrected chi connectivity index (χ0v) is 23.0. The predicted molar refractivity (Wildman–Crippen MR) is 142 cm³/mol. The highest BCUT2D eigenvalue weighted by Gasteiger charge is 2.63. The number of fused-ring (bicyclic) bond motifs is 7. The van der Waals surface area contributed by atoms with Gasteiger partial charge in [-0.15, -0.1) is 0 Å². The number of hydrogen-bond acceptors (Lipinski definition) is 1. The SMILES string of the molecule is CN1C2=C(C3CCCCC3C2[Si](C)(C)C2C3CCCCC3C3CCCCC32)C2CCCCC21. The average molecular weight is 466 g/mol. The van der Waals surface area contributed by atoms with Gasteiger partial charge in [0, 0.05) is 24.7 Å². The highest BCUT2D eigenvalue weighted by molar-refractivity contribution is 6.81. The minimum Gasteiger partial charge on any atom is -0.374 e.